The Labute approximate surface area is 89.9 Å². The van der Waals surface area contributed by atoms with Gasteiger partial charge in [-0.3, -0.25) is 4.79 Å². The Morgan fingerprint density at radius 3 is 2.73 bits per heavy atom. The van der Waals surface area contributed by atoms with E-state index in [-0.39, 0.29) is 16.3 Å². The fourth-order valence-electron chi connectivity index (χ4n) is 1.18. The summed E-state index contributed by atoms with van der Waals surface area (Å²) in [5.41, 5.74) is -0.0795. The van der Waals surface area contributed by atoms with Crippen molar-refractivity contribution in [3.8, 4) is 11.5 Å². The Morgan fingerprint density at radius 1 is 1.67 bits per heavy atom. The fraction of sp³-hybridized carbons (Fsp3) is 0.222. The number of halogens is 2. The first-order valence-electron chi connectivity index (χ1n) is 3.93. The lowest BCUT2D eigenvalue weighted by molar-refractivity contribution is -0.136. The van der Waals surface area contributed by atoms with Gasteiger partial charge in [0.15, 0.2) is 11.5 Å². The molecule has 0 aliphatic heterocycles. The second kappa shape index (κ2) is 4.35. The maximum absolute atomic E-state index is 13.1. The maximum Gasteiger partial charge on any atom is 0.308 e. The third-order valence-electron chi connectivity index (χ3n) is 1.78. The van der Waals surface area contributed by atoms with E-state index in [1.165, 1.54) is 7.11 Å². The molecule has 2 N–H and O–H groups in total. The summed E-state index contributed by atoms with van der Waals surface area (Å²) < 4.78 is 17.8. The van der Waals surface area contributed by atoms with Gasteiger partial charge in [0.25, 0.3) is 0 Å². The van der Waals surface area contributed by atoms with Gasteiger partial charge in [0.2, 0.25) is 0 Å². The number of aliphatic carboxylic acids is 1. The number of aromatic hydroxyl groups is 1. The average Bonchev–Trinajstić information content (AvgIpc) is 2.13. The molecule has 0 spiro atoms. The molecule has 0 aliphatic carbocycles. The van der Waals surface area contributed by atoms with E-state index in [1.807, 2.05) is 0 Å². The van der Waals surface area contributed by atoms with Gasteiger partial charge in [0, 0.05) is 11.6 Å². The number of phenols is 1. The highest BCUT2D eigenvalue weighted by Gasteiger charge is 2.19. The van der Waals surface area contributed by atoms with Crippen LogP contribution in [0.25, 0.3) is 0 Å². The topological polar surface area (TPSA) is 66.8 Å². The van der Waals surface area contributed by atoms with Crippen LogP contribution in [-0.4, -0.2) is 23.3 Å². The van der Waals surface area contributed by atoms with Gasteiger partial charge >= 0.3 is 5.97 Å². The summed E-state index contributed by atoms with van der Waals surface area (Å²) >= 11 is 5.56. The Bertz CT molecular complexity index is 406. The van der Waals surface area contributed by atoms with E-state index in [0.29, 0.717) is 0 Å². The first-order chi connectivity index (χ1) is 6.97. The lowest BCUT2D eigenvalue weighted by Crippen LogP contribution is -2.04. The molecule has 0 aliphatic rings. The van der Waals surface area contributed by atoms with Crippen molar-refractivity contribution >= 4 is 17.6 Å². The van der Waals surface area contributed by atoms with E-state index in [0.717, 1.165) is 6.07 Å². The summed E-state index contributed by atoms with van der Waals surface area (Å²) in [6.45, 7) is 0. The standard InChI is InChI=1S/C9H8ClFO4/c1-15-9-4(2-7(13)14)8(10)5(11)3-6(9)12/h3,12H,2H2,1H3,(H,13,14). The van der Waals surface area contributed by atoms with Crippen molar-refractivity contribution in [3.05, 3.63) is 22.5 Å². The molecular weight excluding hydrogens is 227 g/mol. The number of carboxylic acid groups (broad SMARTS) is 1. The molecule has 6 heteroatoms. The molecule has 15 heavy (non-hydrogen) atoms. The lowest BCUT2D eigenvalue weighted by atomic mass is 10.1. The smallest absolute Gasteiger partial charge is 0.308 e. The van der Waals surface area contributed by atoms with Gasteiger partial charge < -0.3 is 14.9 Å². The van der Waals surface area contributed by atoms with Crippen LogP contribution < -0.4 is 4.74 Å². The summed E-state index contributed by atoms with van der Waals surface area (Å²) in [7, 11) is 1.23. The van der Waals surface area contributed by atoms with Gasteiger partial charge in [0.05, 0.1) is 18.6 Å². The zero-order valence-electron chi connectivity index (χ0n) is 7.75. The average molecular weight is 235 g/mol. The van der Waals surface area contributed by atoms with Gasteiger partial charge in [0.1, 0.15) is 5.82 Å². The molecule has 1 aromatic carbocycles. The van der Waals surface area contributed by atoms with E-state index in [1.54, 1.807) is 0 Å². The highest BCUT2D eigenvalue weighted by molar-refractivity contribution is 6.32. The quantitative estimate of drug-likeness (QED) is 0.837. The number of benzene rings is 1. The molecule has 4 nitrogen and oxygen atoms in total. The second-order valence-corrected chi connectivity index (χ2v) is 3.15. The van der Waals surface area contributed by atoms with Crippen LogP contribution in [-0.2, 0) is 11.2 Å². The zero-order valence-corrected chi connectivity index (χ0v) is 8.51. The number of methoxy groups -OCH3 is 1. The van der Waals surface area contributed by atoms with E-state index in [2.05, 4.69) is 0 Å². The second-order valence-electron chi connectivity index (χ2n) is 2.77. The molecule has 1 aromatic rings. The molecule has 1 rings (SSSR count). The number of ether oxygens (including phenoxy) is 1. The van der Waals surface area contributed by atoms with Crippen LogP contribution in [0, 0.1) is 5.82 Å². The molecule has 0 heterocycles. The lowest BCUT2D eigenvalue weighted by Gasteiger charge is -2.11. The largest absolute Gasteiger partial charge is 0.504 e. The number of hydrogen-bond acceptors (Lipinski definition) is 3. The van der Waals surface area contributed by atoms with Crippen molar-refractivity contribution in [1.29, 1.82) is 0 Å². The third kappa shape index (κ3) is 2.30. The highest BCUT2D eigenvalue weighted by Crippen LogP contribution is 2.37. The monoisotopic (exact) mass is 234 g/mol. The number of carboxylic acids is 1. The van der Waals surface area contributed by atoms with Gasteiger partial charge in [-0.1, -0.05) is 11.6 Å². The minimum atomic E-state index is -1.19. The van der Waals surface area contributed by atoms with Crippen LogP contribution in [0.2, 0.25) is 5.02 Å². The molecular formula is C9H8ClFO4. The molecule has 0 bridgehead atoms. The van der Waals surface area contributed by atoms with E-state index >= 15 is 0 Å². The molecule has 0 amide bonds. The summed E-state index contributed by atoms with van der Waals surface area (Å²) in [5.74, 6) is -2.68. The summed E-state index contributed by atoms with van der Waals surface area (Å²) in [5, 5.41) is 17.5. The first-order valence-corrected chi connectivity index (χ1v) is 4.30. The molecule has 0 fully saturated rings. The summed E-state index contributed by atoms with van der Waals surface area (Å²) in [4.78, 5) is 10.5. The van der Waals surface area contributed by atoms with Crippen molar-refractivity contribution in [2.45, 2.75) is 6.42 Å². The first kappa shape index (κ1) is 11.6. The molecule has 0 saturated heterocycles. The van der Waals surface area contributed by atoms with Crippen LogP contribution in [0.5, 0.6) is 11.5 Å². The van der Waals surface area contributed by atoms with E-state index in [4.69, 9.17) is 21.4 Å². The van der Waals surface area contributed by atoms with Gasteiger partial charge in [-0.25, -0.2) is 4.39 Å². The maximum atomic E-state index is 13.1. The highest BCUT2D eigenvalue weighted by atomic mass is 35.5. The van der Waals surface area contributed by atoms with Gasteiger partial charge in [-0.05, 0) is 0 Å². The normalized spacial score (nSPS) is 10.1. The molecule has 0 radical (unpaired) electrons. The Balaban J connectivity index is 3.36. The fourth-order valence-corrected chi connectivity index (χ4v) is 1.39. The number of carbonyl (C=O) groups is 1. The van der Waals surface area contributed by atoms with Crippen LogP contribution in [0.3, 0.4) is 0 Å². The number of hydrogen-bond donors (Lipinski definition) is 2. The predicted octanol–water partition coefficient (Wildman–Crippen LogP) is 1.82. The van der Waals surface area contributed by atoms with Crippen molar-refractivity contribution in [3.63, 3.8) is 0 Å². The molecule has 82 valence electrons. The van der Waals surface area contributed by atoms with Gasteiger partial charge in [-0.15, -0.1) is 0 Å². The zero-order chi connectivity index (χ0) is 11.6. The number of phenolic OH excluding ortho intramolecular Hbond substituents is 1. The Hall–Kier alpha value is -1.49. The minimum absolute atomic E-state index is 0.0795. The summed E-state index contributed by atoms with van der Waals surface area (Å²) in [6, 6.07) is 0.770. The van der Waals surface area contributed by atoms with Crippen molar-refractivity contribution in [2.24, 2.45) is 0 Å². The van der Waals surface area contributed by atoms with E-state index < -0.39 is 24.0 Å². The number of rotatable bonds is 3. The Kier molecular flexibility index (Phi) is 3.36. The van der Waals surface area contributed by atoms with Gasteiger partial charge in [-0.2, -0.15) is 0 Å². The third-order valence-corrected chi connectivity index (χ3v) is 2.19. The molecule has 0 aromatic heterocycles. The van der Waals surface area contributed by atoms with Crippen LogP contribution in [0.1, 0.15) is 5.56 Å². The summed E-state index contributed by atoms with van der Waals surface area (Å²) in [6.07, 6.45) is -0.521. The van der Waals surface area contributed by atoms with Crippen LogP contribution in [0.4, 0.5) is 4.39 Å². The van der Waals surface area contributed by atoms with Crippen molar-refractivity contribution in [1.82, 2.24) is 0 Å². The van der Waals surface area contributed by atoms with Crippen molar-refractivity contribution < 1.29 is 24.1 Å². The predicted molar refractivity (Wildman–Crippen MR) is 51.0 cm³/mol. The van der Waals surface area contributed by atoms with Crippen molar-refractivity contribution in [2.75, 3.05) is 7.11 Å². The minimum Gasteiger partial charge on any atom is -0.504 e. The molecule has 0 atom stereocenters. The van der Waals surface area contributed by atoms with Crippen LogP contribution in [0.15, 0.2) is 6.07 Å². The molecule has 0 unspecified atom stereocenters. The van der Waals surface area contributed by atoms with Crippen LogP contribution >= 0.6 is 11.6 Å². The SMILES string of the molecule is COc1c(O)cc(F)c(Cl)c1CC(=O)O. The molecule has 0 saturated carbocycles. The van der Waals surface area contributed by atoms with E-state index in [9.17, 15) is 14.3 Å². The Morgan fingerprint density at radius 2 is 2.27 bits per heavy atom.